The predicted molar refractivity (Wildman–Crippen MR) is 92.8 cm³/mol. The minimum Gasteiger partial charge on any atom is -0.507 e. The van der Waals surface area contributed by atoms with Crippen LogP contribution in [0.2, 0.25) is 0 Å². The third-order valence-electron chi connectivity index (χ3n) is 3.56. The number of para-hydroxylation sites is 1. The summed E-state index contributed by atoms with van der Waals surface area (Å²) in [6.45, 7) is 6.79. The Morgan fingerprint density at radius 1 is 1.08 bits per heavy atom. The summed E-state index contributed by atoms with van der Waals surface area (Å²) in [6.07, 6.45) is 0. The summed E-state index contributed by atoms with van der Waals surface area (Å²) in [5.74, 6) is 0.971. The fourth-order valence-corrected chi connectivity index (χ4v) is 2.36. The van der Waals surface area contributed by atoms with Crippen LogP contribution in [0.3, 0.4) is 0 Å². The first-order valence-corrected chi connectivity index (χ1v) is 8.05. The van der Waals surface area contributed by atoms with E-state index in [9.17, 15) is 9.90 Å². The maximum Gasteiger partial charge on any atom is 0.255 e. The van der Waals surface area contributed by atoms with Crippen LogP contribution in [-0.2, 0) is 0 Å². The Hall–Kier alpha value is -2.69. The van der Waals surface area contributed by atoms with Gasteiger partial charge in [-0.1, -0.05) is 18.2 Å². The molecule has 0 aliphatic carbocycles. The lowest BCUT2D eigenvalue weighted by Crippen LogP contribution is -2.26. The van der Waals surface area contributed by atoms with E-state index in [4.69, 9.17) is 9.47 Å². The average molecular weight is 329 g/mol. The summed E-state index contributed by atoms with van der Waals surface area (Å²) < 4.78 is 11.2. The average Bonchev–Trinajstić information content (AvgIpc) is 2.57. The van der Waals surface area contributed by atoms with Crippen molar-refractivity contribution in [1.82, 2.24) is 5.32 Å². The minimum absolute atomic E-state index is 0.0381. The van der Waals surface area contributed by atoms with E-state index in [0.717, 1.165) is 5.56 Å². The summed E-state index contributed by atoms with van der Waals surface area (Å²) in [5.41, 5.74) is 1.14. The molecule has 0 saturated carbocycles. The summed E-state index contributed by atoms with van der Waals surface area (Å²) >= 11 is 0. The van der Waals surface area contributed by atoms with Gasteiger partial charge in [-0.3, -0.25) is 4.79 Å². The van der Waals surface area contributed by atoms with Crippen LogP contribution in [-0.4, -0.2) is 24.2 Å². The Balaban J connectivity index is 2.17. The highest BCUT2D eigenvalue weighted by atomic mass is 16.5. The van der Waals surface area contributed by atoms with Crippen molar-refractivity contribution in [3.63, 3.8) is 0 Å². The normalized spacial score (nSPS) is 11.6. The fourth-order valence-electron chi connectivity index (χ4n) is 2.36. The first-order chi connectivity index (χ1) is 11.6. The highest BCUT2D eigenvalue weighted by molar-refractivity contribution is 5.96. The molecule has 2 aromatic rings. The van der Waals surface area contributed by atoms with Gasteiger partial charge in [-0.25, -0.2) is 0 Å². The molecular formula is C19H23NO4. The fraction of sp³-hybridized carbons (Fsp3) is 0.316. The number of phenolic OH excluding ortho intramolecular Hbond substituents is 1. The van der Waals surface area contributed by atoms with E-state index in [1.54, 1.807) is 18.2 Å². The molecule has 1 atom stereocenters. The Bertz CT molecular complexity index is 700. The number of amides is 1. The van der Waals surface area contributed by atoms with Crippen LogP contribution < -0.4 is 14.8 Å². The molecule has 0 aromatic heterocycles. The van der Waals surface area contributed by atoms with Crippen LogP contribution in [0.25, 0.3) is 0 Å². The zero-order valence-corrected chi connectivity index (χ0v) is 14.2. The third kappa shape index (κ3) is 4.19. The second-order valence-corrected chi connectivity index (χ2v) is 5.28. The zero-order valence-electron chi connectivity index (χ0n) is 14.2. The maximum atomic E-state index is 12.3. The molecule has 128 valence electrons. The van der Waals surface area contributed by atoms with Gasteiger partial charge < -0.3 is 19.9 Å². The lowest BCUT2D eigenvalue weighted by atomic mass is 10.1. The third-order valence-corrected chi connectivity index (χ3v) is 3.56. The van der Waals surface area contributed by atoms with Gasteiger partial charge in [-0.05, 0) is 50.6 Å². The molecule has 5 heteroatoms. The SMILES string of the molecule is CCOc1ccc(C(C)NC(=O)c2ccccc2O)cc1OCC. The molecule has 0 aliphatic heterocycles. The molecule has 2 aromatic carbocycles. The van der Waals surface area contributed by atoms with Gasteiger partial charge in [0, 0.05) is 0 Å². The van der Waals surface area contributed by atoms with E-state index < -0.39 is 0 Å². The van der Waals surface area contributed by atoms with E-state index in [2.05, 4.69) is 5.32 Å². The first kappa shape index (κ1) is 17.7. The zero-order chi connectivity index (χ0) is 17.5. The number of nitrogens with one attached hydrogen (secondary N) is 1. The smallest absolute Gasteiger partial charge is 0.255 e. The summed E-state index contributed by atoms with van der Waals surface area (Å²) in [5, 5.41) is 12.7. The molecule has 0 aliphatic rings. The monoisotopic (exact) mass is 329 g/mol. The Kier molecular flexibility index (Phi) is 6.07. The number of carbonyl (C=O) groups is 1. The Labute approximate surface area is 142 Å². The van der Waals surface area contributed by atoms with Crippen LogP contribution in [0.1, 0.15) is 42.7 Å². The number of carbonyl (C=O) groups excluding carboxylic acids is 1. The predicted octanol–water partition coefficient (Wildman–Crippen LogP) is 3.68. The number of hydrogen-bond acceptors (Lipinski definition) is 4. The number of rotatable bonds is 7. The Morgan fingerprint density at radius 2 is 1.75 bits per heavy atom. The van der Waals surface area contributed by atoms with Gasteiger partial charge in [0.1, 0.15) is 5.75 Å². The molecular weight excluding hydrogens is 306 g/mol. The van der Waals surface area contributed by atoms with Crippen molar-refractivity contribution >= 4 is 5.91 Å². The molecule has 0 heterocycles. The molecule has 2 rings (SSSR count). The Morgan fingerprint density at radius 3 is 2.42 bits per heavy atom. The lowest BCUT2D eigenvalue weighted by Gasteiger charge is -2.18. The number of benzene rings is 2. The van der Waals surface area contributed by atoms with Crippen LogP contribution in [0.5, 0.6) is 17.2 Å². The van der Waals surface area contributed by atoms with Gasteiger partial charge in [0.25, 0.3) is 5.91 Å². The van der Waals surface area contributed by atoms with Crippen molar-refractivity contribution < 1.29 is 19.4 Å². The van der Waals surface area contributed by atoms with E-state index in [1.165, 1.54) is 6.07 Å². The molecule has 2 N–H and O–H groups in total. The summed E-state index contributed by atoms with van der Waals surface area (Å²) in [7, 11) is 0. The highest BCUT2D eigenvalue weighted by Gasteiger charge is 2.16. The molecule has 0 saturated heterocycles. The number of aromatic hydroxyl groups is 1. The van der Waals surface area contributed by atoms with Gasteiger partial charge >= 0.3 is 0 Å². The lowest BCUT2D eigenvalue weighted by molar-refractivity contribution is 0.0937. The van der Waals surface area contributed by atoms with Crippen molar-refractivity contribution in [3.8, 4) is 17.2 Å². The molecule has 0 fully saturated rings. The molecule has 5 nitrogen and oxygen atoms in total. The standard InChI is InChI=1S/C19H23NO4/c1-4-23-17-11-10-14(12-18(17)24-5-2)13(3)20-19(22)15-8-6-7-9-16(15)21/h6-13,21H,4-5H2,1-3H3,(H,20,22). The minimum atomic E-state index is -0.326. The van der Waals surface area contributed by atoms with Crippen molar-refractivity contribution in [2.45, 2.75) is 26.8 Å². The second kappa shape index (κ2) is 8.24. The van der Waals surface area contributed by atoms with Crippen LogP contribution >= 0.6 is 0 Å². The maximum absolute atomic E-state index is 12.3. The van der Waals surface area contributed by atoms with Gasteiger partial charge in [0.15, 0.2) is 11.5 Å². The molecule has 0 bridgehead atoms. The van der Waals surface area contributed by atoms with Crippen LogP contribution in [0.15, 0.2) is 42.5 Å². The van der Waals surface area contributed by atoms with Gasteiger partial charge in [0.05, 0.1) is 24.8 Å². The van der Waals surface area contributed by atoms with E-state index in [0.29, 0.717) is 24.7 Å². The largest absolute Gasteiger partial charge is 0.507 e. The quantitative estimate of drug-likeness (QED) is 0.813. The van der Waals surface area contributed by atoms with E-state index in [-0.39, 0.29) is 23.3 Å². The van der Waals surface area contributed by atoms with Crippen LogP contribution in [0.4, 0.5) is 0 Å². The van der Waals surface area contributed by atoms with Gasteiger partial charge in [-0.15, -0.1) is 0 Å². The van der Waals surface area contributed by atoms with E-state index >= 15 is 0 Å². The summed E-state index contributed by atoms with van der Waals surface area (Å²) in [6, 6.07) is 11.8. The number of hydrogen-bond donors (Lipinski definition) is 2. The van der Waals surface area contributed by atoms with Crippen LogP contribution in [0, 0.1) is 0 Å². The molecule has 1 unspecified atom stereocenters. The van der Waals surface area contributed by atoms with Gasteiger partial charge in [-0.2, -0.15) is 0 Å². The number of ether oxygens (including phenoxy) is 2. The highest BCUT2D eigenvalue weighted by Crippen LogP contribution is 2.31. The topological polar surface area (TPSA) is 67.8 Å². The second-order valence-electron chi connectivity index (χ2n) is 5.28. The molecule has 0 spiro atoms. The number of phenols is 1. The van der Waals surface area contributed by atoms with Crippen molar-refractivity contribution in [2.24, 2.45) is 0 Å². The molecule has 0 radical (unpaired) electrons. The van der Waals surface area contributed by atoms with Crippen molar-refractivity contribution in [1.29, 1.82) is 0 Å². The molecule has 24 heavy (non-hydrogen) atoms. The first-order valence-electron chi connectivity index (χ1n) is 8.05. The van der Waals surface area contributed by atoms with E-state index in [1.807, 2.05) is 39.0 Å². The summed E-state index contributed by atoms with van der Waals surface area (Å²) in [4.78, 5) is 12.3. The molecule has 1 amide bonds. The van der Waals surface area contributed by atoms with Crippen molar-refractivity contribution in [3.05, 3.63) is 53.6 Å². The van der Waals surface area contributed by atoms with Crippen molar-refractivity contribution in [2.75, 3.05) is 13.2 Å². The van der Waals surface area contributed by atoms with Gasteiger partial charge in [0.2, 0.25) is 0 Å².